The molecule has 0 aromatic heterocycles. The summed E-state index contributed by atoms with van der Waals surface area (Å²) in [5.74, 6) is 0.444. The molecule has 1 aliphatic rings. The van der Waals surface area contributed by atoms with Crippen LogP contribution in [-0.2, 0) is 14.3 Å². The molecule has 5 nitrogen and oxygen atoms in total. The third-order valence-electron chi connectivity index (χ3n) is 3.23. The Hall–Kier alpha value is -2.56. The summed E-state index contributed by atoms with van der Waals surface area (Å²) in [5.41, 5.74) is 0.601. The molecule has 0 fully saturated rings. The van der Waals surface area contributed by atoms with Crippen LogP contribution in [0.15, 0.2) is 53.8 Å². The molecule has 22 heavy (non-hydrogen) atoms. The van der Waals surface area contributed by atoms with Gasteiger partial charge in [-0.25, -0.2) is 4.79 Å². The van der Waals surface area contributed by atoms with Crippen molar-refractivity contribution in [2.75, 3.05) is 11.9 Å². The van der Waals surface area contributed by atoms with Crippen molar-refractivity contribution in [1.29, 1.82) is 0 Å². The third-order valence-corrected chi connectivity index (χ3v) is 3.23. The maximum Gasteiger partial charge on any atom is 0.411 e. The molecule has 0 spiro atoms. The Balaban J connectivity index is 1.84. The lowest BCUT2D eigenvalue weighted by Crippen LogP contribution is -2.27. The molecule has 5 heteroatoms. The molecule has 2 rings (SSSR count). The second-order valence-electron chi connectivity index (χ2n) is 5.46. The lowest BCUT2D eigenvalue weighted by atomic mass is 10.1. The van der Waals surface area contributed by atoms with Crippen molar-refractivity contribution in [3.8, 4) is 0 Å². The van der Waals surface area contributed by atoms with Crippen molar-refractivity contribution in [3.63, 3.8) is 0 Å². The second kappa shape index (κ2) is 6.47. The highest BCUT2D eigenvalue weighted by molar-refractivity contribution is 5.99. The molecular weight excluding hydrogens is 282 g/mol. The topological polar surface area (TPSA) is 64.6 Å². The number of ketones is 1. The molecule has 0 aliphatic carbocycles. The van der Waals surface area contributed by atoms with E-state index >= 15 is 0 Å². The normalized spacial score (nSPS) is 16.8. The summed E-state index contributed by atoms with van der Waals surface area (Å²) in [6, 6.07) is 9.05. The van der Waals surface area contributed by atoms with Gasteiger partial charge in [-0.05, 0) is 44.6 Å². The largest absolute Gasteiger partial charge is 0.479 e. The first-order valence-electron chi connectivity index (χ1n) is 6.99. The van der Waals surface area contributed by atoms with Gasteiger partial charge in [0.25, 0.3) is 0 Å². The van der Waals surface area contributed by atoms with Gasteiger partial charge in [0.1, 0.15) is 12.4 Å². The fourth-order valence-electron chi connectivity index (χ4n) is 1.86. The highest BCUT2D eigenvalue weighted by atomic mass is 16.5. The van der Waals surface area contributed by atoms with Gasteiger partial charge in [0.2, 0.25) is 5.78 Å². The van der Waals surface area contributed by atoms with Crippen LogP contribution in [0.5, 0.6) is 0 Å². The highest BCUT2D eigenvalue weighted by Gasteiger charge is 2.35. The first-order valence-corrected chi connectivity index (χ1v) is 6.99. The molecule has 0 saturated heterocycles. The van der Waals surface area contributed by atoms with Crippen LogP contribution < -0.4 is 5.32 Å². The van der Waals surface area contributed by atoms with Crippen LogP contribution in [0.1, 0.15) is 20.8 Å². The molecule has 0 saturated carbocycles. The Morgan fingerprint density at radius 3 is 2.59 bits per heavy atom. The maximum atomic E-state index is 11.7. The number of hydrogen-bond donors (Lipinski definition) is 1. The van der Waals surface area contributed by atoms with Crippen LogP contribution in [-0.4, -0.2) is 24.1 Å². The number of benzene rings is 1. The van der Waals surface area contributed by atoms with E-state index in [1.54, 1.807) is 39.0 Å². The second-order valence-corrected chi connectivity index (χ2v) is 5.46. The molecule has 1 aromatic carbocycles. The number of rotatable bonds is 4. The van der Waals surface area contributed by atoms with Crippen molar-refractivity contribution in [1.82, 2.24) is 0 Å². The van der Waals surface area contributed by atoms with Crippen LogP contribution in [0.4, 0.5) is 10.5 Å². The minimum absolute atomic E-state index is 0.0713. The summed E-state index contributed by atoms with van der Waals surface area (Å²) in [4.78, 5) is 23.3. The number of allylic oxidation sites excluding steroid dienone is 1. The van der Waals surface area contributed by atoms with E-state index in [1.165, 1.54) is 6.08 Å². The molecule has 1 aliphatic heterocycles. The summed E-state index contributed by atoms with van der Waals surface area (Å²) in [5, 5.41) is 2.61. The van der Waals surface area contributed by atoms with Crippen LogP contribution in [0.25, 0.3) is 0 Å². The van der Waals surface area contributed by atoms with Crippen molar-refractivity contribution < 1.29 is 19.1 Å². The summed E-state index contributed by atoms with van der Waals surface area (Å²) < 4.78 is 10.6. The minimum atomic E-state index is -0.823. The minimum Gasteiger partial charge on any atom is -0.479 e. The fraction of sp³-hybridized carbons (Fsp3) is 0.294. The van der Waals surface area contributed by atoms with Gasteiger partial charge < -0.3 is 9.47 Å². The van der Waals surface area contributed by atoms with Gasteiger partial charge in [0.05, 0.1) is 0 Å². The zero-order chi connectivity index (χ0) is 16.2. The monoisotopic (exact) mass is 301 g/mol. The van der Waals surface area contributed by atoms with Gasteiger partial charge in [-0.3, -0.25) is 10.1 Å². The summed E-state index contributed by atoms with van der Waals surface area (Å²) in [6.45, 7) is 5.34. The molecule has 1 N–H and O–H groups in total. The molecular formula is C17H19NO4. The average Bonchev–Trinajstić information content (AvgIpc) is 2.74. The van der Waals surface area contributed by atoms with Crippen LogP contribution >= 0.6 is 0 Å². The molecule has 0 atom stereocenters. The van der Waals surface area contributed by atoms with Crippen molar-refractivity contribution >= 4 is 17.6 Å². The van der Waals surface area contributed by atoms with Crippen molar-refractivity contribution in [3.05, 3.63) is 53.8 Å². The Labute approximate surface area is 129 Å². The number of nitrogens with one attached hydrogen (secondary N) is 1. The van der Waals surface area contributed by atoms with E-state index in [1.807, 2.05) is 18.2 Å². The predicted molar refractivity (Wildman–Crippen MR) is 83.4 cm³/mol. The number of carbonyl (C=O) groups excluding carboxylic acids is 2. The quantitative estimate of drug-likeness (QED) is 0.925. The van der Waals surface area contributed by atoms with Gasteiger partial charge in [0.15, 0.2) is 5.60 Å². The molecule has 0 radical (unpaired) electrons. The Morgan fingerprint density at radius 1 is 1.32 bits per heavy atom. The summed E-state index contributed by atoms with van der Waals surface area (Å²) in [6.07, 6.45) is 2.63. The first-order chi connectivity index (χ1) is 10.4. The van der Waals surface area contributed by atoms with Gasteiger partial charge in [-0.1, -0.05) is 18.2 Å². The maximum absolute atomic E-state index is 11.7. The molecule has 116 valence electrons. The van der Waals surface area contributed by atoms with Crippen molar-refractivity contribution in [2.24, 2.45) is 0 Å². The van der Waals surface area contributed by atoms with E-state index in [9.17, 15) is 9.59 Å². The predicted octanol–water partition coefficient (Wildman–Crippen LogP) is 3.44. The third kappa shape index (κ3) is 3.97. The van der Waals surface area contributed by atoms with Gasteiger partial charge >= 0.3 is 6.09 Å². The molecule has 0 bridgehead atoms. The molecule has 1 aromatic rings. The van der Waals surface area contributed by atoms with Gasteiger partial charge in [0, 0.05) is 11.8 Å². The van der Waals surface area contributed by atoms with Crippen molar-refractivity contribution in [2.45, 2.75) is 26.4 Å². The number of amides is 1. The highest BCUT2D eigenvalue weighted by Crippen LogP contribution is 2.28. The number of para-hydroxylation sites is 1. The number of carbonyl (C=O) groups is 2. The number of ether oxygens (including phenoxy) is 2. The lowest BCUT2D eigenvalue weighted by Gasteiger charge is -2.18. The zero-order valence-corrected chi connectivity index (χ0v) is 12.9. The van der Waals surface area contributed by atoms with E-state index in [0.29, 0.717) is 11.4 Å². The Morgan fingerprint density at radius 2 is 2.00 bits per heavy atom. The fourth-order valence-corrected chi connectivity index (χ4v) is 1.86. The van der Waals surface area contributed by atoms with Crippen LogP contribution in [0.2, 0.25) is 0 Å². The van der Waals surface area contributed by atoms with E-state index < -0.39 is 11.7 Å². The zero-order valence-electron chi connectivity index (χ0n) is 12.9. The van der Waals surface area contributed by atoms with E-state index in [2.05, 4.69) is 5.32 Å². The molecule has 0 unspecified atom stereocenters. The van der Waals surface area contributed by atoms with Gasteiger partial charge in [-0.15, -0.1) is 0 Å². The Bertz CT molecular complexity index is 629. The number of hydrogen-bond acceptors (Lipinski definition) is 4. The SMILES string of the molecule is C/C(=C\COC(=O)Nc1ccccc1)C1=CC(=O)C(C)(C)O1. The van der Waals surface area contributed by atoms with Crippen LogP contribution in [0, 0.1) is 0 Å². The van der Waals surface area contributed by atoms with Crippen LogP contribution in [0.3, 0.4) is 0 Å². The van der Waals surface area contributed by atoms with Gasteiger partial charge in [-0.2, -0.15) is 0 Å². The Kier molecular flexibility index (Phi) is 4.65. The summed E-state index contributed by atoms with van der Waals surface area (Å²) in [7, 11) is 0. The first kappa shape index (κ1) is 15.8. The average molecular weight is 301 g/mol. The molecule has 1 heterocycles. The standard InChI is InChI=1S/C17H19NO4/c1-12(14-11-15(19)17(2,3)22-14)9-10-21-16(20)18-13-7-5-4-6-8-13/h4-9,11H,10H2,1-3H3,(H,18,20)/b12-9+. The molecule has 1 amide bonds. The lowest BCUT2D eigenvalue weighted by molar-refractivity contribution is -0.126. The van der Waals surface area contributed by atoms with E-state index in [4.69, 9.17) is 9.47 Å². The van der Waals surface area contributed by atoms with E-state index in [-0.39, 0.29) is 12.4 Å². The number of anilines is 1. The summed E-state index contributed by atoms with van der Waals surface area (Å²) >= 11 is 0. The smallest absolute Gasteiger partial charge is 0.411 e. The van der Waals surface area contributed by atoms with E-state index in [0.717, 1.165) is 5.57 Å².